The molecule has 2 rings (SSSR count). The molecular weight excluding hydrogens is 366 g/mol. The molecule has 0 spiro atoms. The highest BCUT2D eigenvalue weighted by Gasteiger charge is 2.31. The average molecular weight is 389 g/mol. The number of nitrogens with one attached hydrogen (secondary N) is 1. The van der Waals surface area contributed by atoms with Gasteiger partial charge in [-0.3, -0.25) is 10.1 Å². The predicted molar refractivity (Wildman–Crippen MR) is 101 cm³/mol. The fourth-order valence-corrected chi connectivity index (χ4v) is 2.58. The summed E-state index contributed by atoms with van der Waals surface area (Å²) in [5, 5.41) is 2.54. The van der Waals surface area contributed by atoms with Crippen molar-refractivity contribution in [1.82, 2.24) is 0 Å². The van der Waals surface area contributed by atoms with Gasteiger partial charge in [0.15, 0.2) is 0 Å². The van der Waals surface area contributed by atoms with E-state index >= 15 is 0 Å². The molecule has 1 N–H and O–H groups in total. The highest BCUT2D eigenvalue weighted by Crippen LogP contribution is 2.29. The van der Waals surface area contributed by atoms with E-state index < -0.39 is 17.8 Å². The number of furan rings is 1. The zero-order valence-electron chi connectivity index (χ0n) is 16.3. The maximum atomic E-state index is 12.4. The maximum absolute atomic E-state index is 12.4. The van der Waals surface area contributed by atoms with Crippen LogP contribution in [-0.4, -0.2) is 38.2 Å². The van der Waals surface area contributed by atoms with Crippen LogP contribution in [0.5, 0.6) is 5.75 Å². The van der Waals surface area contributed by atoms with Crippen molar-refractivity contribution >= 4 is 23.7 Å². The smallest absolute Gasteiger partial charge is 0.344 e. The number of methoxy groups -OCH3 is 1. The summed E-state index contributed by atoms with van der Waals surface area (Å²) in [6.07, 6.45) is 0.0424. The molecule has 0 radical (unpaired) electrons. The third-order valence-electron chi connectivity index (χ3n) is 3.82. The maximum Gasteiger partial charge on any atom is 0.344 e. The van der Waals surface area contributed by atoms with Crippen molar-refractivity contribution in [3.8, 4) is 5.75 Å². The quantitative estimate of drug-likeness (QED) is 0.692. The van der Waals surface area contributed by atoms with Crippen LogP contribution in [0, 0.1) is 6.92 Å². The molecule has 0 bridgehead atoms. The Morgan fingerprint density at radius 1 is 0.964 bits per heavy atom. The topological polar surface area (TPSA) is 104 Å². The number of rotatable bonds is 8. The Hall–Kier alpha value is -3.29. The lowest BCUT2D eigenvalue weighted by Gasteiger charge is -2.07. The molecule has 150 valence electrons. The molecule has 8 heteroatoms. The Bertz CT molecular complexity index is 852. The summed E-state index contributed by atoms with van der Waals surface area (Å²) in [5.41, 5.74) is 0.533. The highest BCUT2D eigenvalue weighted by atomic mass is 16.5. The lowest BCUT2D eigenvalue weighted by atomic mass is 10.1. The summed E-state index contributed by atoms with van der Waals surface area (Å²) in [6.45, 7) is 5.02. The molecule has 8 nitrogen and oxygen atoms in total. The molecule has 1 amide bonds. The van der Waals surface area contributed by atoms with E-state index in [2.05, 4.69) is 5.32 Å². The molecule has 0 aliphatic carbocycles. The first-order chi connectivity index (χ1) is 13.4. The third-order valence-corrected chi connectivity index (χ3v) is 3.82. The molecule has 0 saturated heterocycles. The monoisotopic (exact) mass is 389 g/mol. The number of carbonyl (C=O) groups excluding carboxylic acids is 3. The first-order valence-electron chi connectivity index (χ1n) is 8.81. The Kier molecular flexibility index (Phi) is 7.20. The van der Waals surface area contributed by atoms with Gasteiger partial charge in [-0.2, -0.15) is 0 Å². The van der Waals surface area contributed by atoms with Gasteiger partial charge in [0, 0.05) is 0 Å². The minimum atomic E-state index is -0.776. The van der Waals surface area contributed by atoms with Crippen LogP contribution in [0.15, 0.2) is 28.7 Å². The number of carbonyl (C=O) groups is 3. The molecule has 0 fully saturated rings. The van der Waals surface area contributed by atoms with Gasteiger partial charge in [-0.1, -0.05) is 12.1 Å². The predicted octanol–water partition coefficient (Wildman–Crippen LogP) is 3.13. The van der Waals surface area contributed by atoms with E-state index in [4.69, 9.17) is 18.6 Å². The number of amides is 1. The van der Waals surface area contributed by atoms with Gasteiger partial charge >= 0.3 is 11.9 Å². The minimum absolute atomic E-state index is 0.0424. The fraction of sp³-hybridized carbons (Fsp3) is 0.350. The second kappa shape index (κ2) is 9.59. The fourth-order valence-electron chi connectivity index (χ4n) is 2.58. The molecule has 1 heterocycles. The summed E-state index contributed by atoms with van der Waals surface area (Å²) >= 11 is 0. The van der Waals surface area contributed by atoms with Crippen LogP contribution >= 0.6 is 0 Å². The lowest BCUT2D eigenvalue weighted by Crippen LogP contribution is -2.18. The number of esters is 2. The van der Waals surface area contributed by atoms with Crippen LogP contribution in [0.3, 0.4) is 0 Å². The van der Waals surface area contributed by atoms with Crippen LogP contribution in [0.4, 0.5) is 5.88 Å². The molecular formula is C20H23NO7. The van der Waals surface area contributed by atoms with Crippen LogP contribution in [-0.2, 0) is 20.7 Å². The van der Waals surface area contributed by atoms with Crippen molar-refractivity contribution < 1.29 is 33.0 Å². The lowest BCUT2D eigenvalue weighted by molar-refractivity contribution is -0.115. The van der Waals surface area contributed by atoms with Gasteiger partial charge in [-0.15, -0.1) is 0 Å². The Balaban J connectivity index is 2.27. The first kappa shape index (κ1) is 21.0. The summed E-state index contributed by atoms with van der Waals surface area (Å²) < 4.78 is 20.5. The van der Waals surface area contributed by atoms with Gasteiger partial charge in [-0.25, -0.2) is 9.59 Å². The van der Waals surface area contributed by atoms with Crippen LogP contribution < -0.4 is 10.1 Å². The Morgan fingerprint density at radius 3 is 2.07 bits per heavy atom. The number of anilines is 1. The second-order valence-corrected chi connectivity index (χ2v) is 5.75. The van der Waals surface area contributed by atoms with Gasteiger partial charge in [0.25, 0.3) is 0 Å². The van der Waals surface area contributed by atoms with Crippen molar-refractivity contribution in [2.45, 2.75) is 27.2 Å². The van der Waals surface area contributed by atoms with Crippen molar-refractivity contribution in [2.24, 2.45) is 0 Å². The van der Waals surface area contributed by atoms with Crippen molar-refractivity contribution in [2.75, 3.05) is 25.6 Å². The van der Waals surface area contributed by atoms with Crippen molar-refractivity contribution in [1.29, 1.82) is 0 Å². The van der Waals surface area contributed by atoms with E-state index in [0.29, 0.717) is 5.75 Å². The zero-order chi connectivity index (χ0) is 20.7. The van der Waals surface area contributed by atoms with Crippen LogP contribution in [0.2, 0.25) is 0 Å². The molecule has 28 heavy (non-hydrogen) atoms. The summed E-state index contributed by atoms with van der Waals surface area (Å²) in [4.78, 5) is 37.0. The normalized spacial score (nSPS) is 10.3. The summed E-state index contributed by atoms with van der Waals surface area (Å²) in [6, 6.07) is 6.98. The van der Waals surface area contributed by atoms with E-state index in [1.807, 2.05) is 0 Å². The molecule has 0 atom stereocenters. The summed E-state index contributed by atoms with van der Waals surface area (Å²) in [7, 11) is 1.55. The van der Waals surface area contributed by atoms with Gasteiger partial charge in [0.2, 0.25) is 11.8 Å². The standard InChI is InChI=1S/C20H23NO7/c1-5-26-19(23)16-12(3)28-18(17(16)20(24)27-6-2)21-15(22)11-13-7-9-14(25-4)10-8-13/h7-10H,5-6,11H2,1-4H3,(H,21,22). The van der Waals surface area contributed by atoms with Crippen molar-refractivity contribution in [3.63, 3.8) is 0 Å². The van der Waals surface area contributed by atoms with Gasteiger partial charge < -0.3 is 18.6 Å². The molecule has 0 aliphatic rings. The first-order valence-corrected chi connectivity index (χ1v) is 8.81. The SMILES string of the molecule is CCOC(=O)c1c(C)oc(NC(=O)Cc2ccc(OC)cc2)c1C(=O)OCC. The highest BCUT2D eigenvalue weighted by molar-refractivity contribution is 6.09. The number of benzene rings is 1. The largest absolute Gasteiger partial charge is 0.497 e. The van der Waals surface area contributed by atoms with Gasteiger partial charge in [0.1, 0.15) is 22.6 Å². The molecule has 1 aromatic heterocycles. The third kappa shape index (κ3) is 4.91. The van der Waals surface area contributed by atoms with E-state index in [-0.39, 0.29) is 42.4 Å². The number of aryl methyl sites for hydroxylation is 1. The van der Waals surface area contributed by atoms with E-state index in [9.17, 15) is 14.4 Å². The second-order valence-electron chi connectivity index (χ2n) is 5.75. The Labute approximate surface area is 162 Å². The van der Waals surface area contributed by atoms with E-state index in [1.165, 1.54) is 6.92 Å². The molecule has 0 unspecified atom stereocenters. The van der Waals surface area contributed by atoms with E-state index in [0.717, 1.165) is 5.56 Å². The minimum Gasteiger partial charge on any atom is -0.497 e. The molecule has 0 aliphatic heterocycles. The number of hydrogen-bond acceptors (Lipinski definition) is 7. The summed E-state index contributed by atoms with van der Waals surface area (Å²) in [5.74, 6) is -1.22. The Morgan fingerprint density at radius 2 is 1.54 bits per heavy atom. The van der Waals surface area contributed by atoms with Gasteiger partial charge in [-0.05, 0) is 38.5 Å². The number of ether oxygens (including phenoxy) is 3. The van der Waals surface area contributed by atoms with Crippen molar-refractivity contribution in [3.05, 3.63) is 46.7 Å². The number of hydrogen-bond donors (Lipinski definition) is 1. The molecule has 0 saturated carbocycles. The molecule has 1 aromatic carbocycles. The molecule has 2 aromatic rings. The van der Waals surface area contributed by atoms with Gasteiger partial charge in [0.05, 0.1) is 26.7 Å². The average Bonchev–Trinajstić information content (AvgIpc) is 2.98. The van der Waals surface area contributed by atoms with Crippen LogP contribution in [0.1, 0.15) is 45.9 Å². The van der Waals surface area contributed by atoms with E-state index in [1.54, 1.807) is 45.2 Å². The zero-order valence-corrected chi connectivity index (χ0v) is 16.3. The van der Waals surface area contributed by atoms with Crippen LogP contribution in [0.25, 0.3) is 0 Å².